The number of carbonyl (C=O) groups is 1. The molecule has 0 bridgehead atoms. The van der Waals surface area contributed by atoms with Gasteiger partial charge in [0.1, 0.15) is 5.01 Å². The van der Waals surface area contributed by atoms with Crippen LogP contribution in [-0.2, 0) is 11.3 Å². The van der Waals surface area contributed by atoms with E-state index in [0.29, 0.717) is 12.2 Å². The summed E-state index contributed by atoms with van der Waals surface area (Å²) in [4.78, 5) is 15.6. The number of ether oxygens (including phenoxy) is 1. The SMILES string of the molecule is Cc1c(C(=O)O)cc2cccn2c1C(C)OCc1nccs1. The molecule has 0 aliphatic carbocycles. The number of carboxylic acids is 1. The van der Waals surface area contributed by atoms with Gasteiger partial charge >= 0.3 is 5.97 Å². The zero-order valence-electron chi connectivity index (χ0n) is 12.3. The molecule has 5 nitrogen and oxygen atoms in total. The van der Waals surface area contributed by atoms with Gasteiger partial charge in [0, 0.05) is 23.3 Å². The lowest BCUT2D eigenvalue weighted by Gasteiger charge is -2.19. The van der Waals surface area contributed by atoms with E-state index >= 15 is 0 Å². The van der Waals surface area contributed by atoms with Crippen LogP contribution in [0.25, 0.3) is 5.52 Å². The lowest BCUT2D eigenvalue weighted by Crippen LogP contribution is -2.12. The summed E-state index contributed by atoms with van der Waals surface area (Å²) < 4.78 is 7.88. The molecule has 0 saturated carbocycles. The highest BCUT2D eigenvalue weighted by molar-refractivity contribution is 7.09. The van der Waals surface area contributed by atoms with Gasteiger partial charge in [-0.2, -0.15) is 0 Å². The fourth-order valence-electron chi connectivity index (χ4n) is 2.63. The molecule has 0 aromatic carbocycles. The van der Waals surface area contributed by atoms with Crippen molar-refractivity contribution in [3.63, 3.8) is 0 Å². The van der Waals surface area contributed by atoms with Crippen LogP contribution in [0.5, 0.6) is 0 Å². The number of pyridine rings is 1. The number of hydrogen-bond donors (Lipinski definition) is 1. The van der Waals surface area contributed by atoms with E-state index in [0.717, 1.165) is 21.8 Å². The summed E-state index contributed by atoms with van der Waals surface area (Å²) in [6.45, 7) is 4.17. The van der Waals surface area contributed by atoms with Crippen molar-refractivity contribution in [1.82, 2.24) is 9.38 Å². The third-order valence-corrected chi connectivity index (χ3v) is 4.43. The zero-order valence-corrected chi connectivity index (χ0v) is 13.1. The number of rotatable bonds is 5. The summed E-state index contributed by atoms with van der Waals surface area (Å²) >= 11 is 1.54. The van der Waals surface area contributed by atoms with Gasteiger partial charge in [-0.3, -0.25) is 0 Å². The highest BCUT2D eigenvalue weighted by Crippen LogP contribution is 2.27. The van der Waals surface area contributed by atoms with E-state index in [4.69, 9.17) is 4.74 Å². The Morgan fingerprint density at radius 1 is 1.55 bits per heavy atom. The molecule has 0 aliphatic heterocycles. The van der Waals surface area contributed by atoms with Crippen molar-refractivity contribution in [3.8, 4) is 0 Å². The number of carboxylic acid groups (broad SMARTS) is 1. The van der Waals surface area contributed by atoms with Gasteiger partial charge < -0.3 is 14.2 Å². The topological polar surface area (TPSA) is 63.8 Å². The Bertz CT molecular complexity index is 808. The summed E-state index contributed by atoms with van der Waals surface area (Å²) in [5.74, 6) is -0.922. The predicted octanol–water partition coefficient (Wildman–Crippen LogP) is 3.68. The minimum absolute atomic E-state index is 0.238. The summed E-state index contributed by atoms with van der Waals surface area (Å²) in [5.41, 5.74) is 2.74. The Kier molecular flexibility index (Phi) is 3.96. The van der Waals surface area contributed by atoms with Crippen molar-refractivity contribution in [3.05, 3.63) is 57.8 Å². The average molecular weight is 316 g/mol. The Morgan fingerprint density at radius 2 is 2.36 bits per heavy atom. The molecule has 0 fully saturated rings. The molecule has 114 valence electrons. The molecule has 1 unspecified atom stereocenters. The van der Waals surface area contributed by atoms with Crippen LogP contribution in [0.2, 0.25) is 0 Å². The molecule has 3 rings (SSSR count). The Morgan fingerprint density at radius 3 is 3.05 bits per heavy atom. The minimum Gasteiger partial charge on any atom is -0.478 e. The maximum atomic E-state index is 11.4. The summed E-state index contributed by atoms with van der Waals surface area (Å²) in [6.07, 6.45) is 3.43. The molecule has 3 aromatic rings. The highest BCUT2D eigenvalue weighted by Gasteiger charge is 2.19. The second-order valence-corrected chi connectivity index (χ2v) is 6.03. The van der Waals surface area contributed by atoms with Crippen molar-refractivity contribution < 1.29 is 14.6 Å². The van der Waals surface area contributed by atoms with Crippen molar-refractivity contribution in [2.45, 2.75) is 26.6 Å². The Balaban J connectivity index is 1.98. The second-order valence-electron chi connectivity index (χ2n) is 5.06. The molecule has 3 heterocycles. The van der Waals surface area contributed by atoms with Gasteiger partial charge in [-0.15, -0.1) is 11.3 Å². The van der Waals surface area contributed by atoms with E-state index in [-0.39, 0.29) is 6.10 Å². The van der Waals surface area contributed by atoms with Gasteiger partial charge in [0.25, 0.3) is 0 Å². The molecule has 1 N–H and O–H groups in total. The van der Waals surface area contributed by atoms with Gasteiger partial charge in [0.05, 0.1) is 24.0 Å². The van der Waals surface area contributed by atoms with Crippen LogP contribution in [-0.4, -0.2) is 20.5 Å². The zero-order chi connectivity index (χ0) is 15.7. The largest absolute Gasteiger partial charge is 0.478 e. The Labute approximate surface area is 131 Å². The maximum Gasteiger partial charge on any atom is 0.336 e. The lowest BCUT2D eigenvalue weighted by molar-refractivity contribution is 0.0483. The normalized spacial score (nSPS) is 12.6. The van der Waals surface area contributed by atoms with Gasteiger partial charge in [-0.05, 0) is 37.6 Å². The van der Waals surface area contributed by atoms with Crippen LogP contribution >= 0.6 is 11.3 Å². The number of aromatic carboxylic acids is 1. The van der Waals surface area contributed by atoms with E-state index in [1.165, 1.54) is 0 Å². The maximum absolute atomic E-state index is 11.4. The quantitative estimate of drug-likeness (QED) is 0.780. The number of aromatic nitrogens is 2. The first-order valence-electron chi connectivity index (χ1n) is 6.91. The molecule has 3 aromatic heterocycles. The summed E-state index contributed by atoms with van der Waals surface area (Å²) in [5, 5.41) is 12.2. The first-order chi connectivity index (χ1) is 10.6. The first kappa shape index (κ1) is 14.7. The predicted molar refractivity (Wildman–Crippen MR) is 84.4 cm³/mol. The highest BCUT2D eigenvalue weighted by atomic mass is 32.1. The van der Waals surface area contributed by atoms with Gasteiger partial charge in [-0.25, -0.2) is 9.78 Å². The fourth-order valence-corrected chi connectivity index (χ4v) is 3.16. The van der Waals surface area contributed by atoms with Crippen LogP contribution in [0.4, 0.5) is 0 Å². The average Bonchev–Trinajstić information content (AvgIpc) is 3.14. The molecule has 0 aliphatic rings. The molecule has 6 heteroatoms. The van der Waals surface area contributed by atoms with Gasteiger partial charge in [-0.1, -0.05) is 0 Å². The van der Waals surface area contributed by atoms with Gasteiger partial charge in [0.2, 0.25) is 0 Å². The molecular formula is C16H16N2O3S. The number of thiazole rings is 1. The molecule has 1 atom stereocenters. The van der Waals surface area contributed by atoms with Crippen LogP contribution in [0.15, 0.2) is 36.0 Å². The van der Waals surface area contributed by atoms with Crippen molar-refractivity contribution in [2.75, 3.05) is 0 Å². The summed E-state index contributed by atoms with van der Waals surface area (Å²) in [7, 11) is 0. The lowest BCUT2D eigenvalue weighted by atomic mass is 10.0. The molecule has 0 radical (unpaired) electrons. The molecule has 22 heavy (non-hydrogen) atoms. The van der Waals surface area contributed by atoms with Crippen molar-refractivity contribution >= 4 is 22.8 Å². The standard InChI is InChI=1S/C16H16N2O3S/c1-10-13(16(19)20)8-12-4-3-6-18(12)15(10)11(2)21-9-14-17-5-7-22-14/h3-8,11H,9H2,1-2H3,(H,19,20). The first-order valence-corrected chi connectivity index (χ1v) is 7.79. The molecule has 0 amide bonds. The van der Waals surface area contributed by atoms with Crippen molar-refractivity contribution in [2.24, 2.45) is 0 Å². The van der Waals surface area contributed by atoms with Crippen LogP contribution in [0, 0.1) is 6.92 Å². The van der Waals surface area contributed by atoms with Crippen LogP contribution in [0.3, 0.4) is 0 Å². The van der Waals surface area contributed by atoms with Crippen molar-refractivity contribution in [1.29, 1.82) is 0 Å². The van der Waals surface area contributed by atoms with E-state index in [1.54, 1.807) is 23.6 Å². The third-order valence-electron chi connectivity index (χ3n) is 3.68. The van der Waals surface area contributed by atoms with E-state index in [2.05, 4.69) is 4.98 Å². The molecular weight excluding hydrogens is 300 g/mol. The summed E-state index contributed by atoms with van der Waals surface area (Å²) in [6, 6.07) is 5.48. The second kappa shape index (κ2) is 5.90. The van der Waals surface area contributed by atoms with E-state index in [9.17, 15) is 9.90 Å². The minimum atomic E-state index is -0.922. The van der Waals surface area contributed by atoms with Crippen LogP contribution < -0.4 is 0 Å². The monoisotopic (exact) mass is 316 g/mol. The van der Waals surface area contributed by atoms with E-state index in [1.807, 2.05) is 42.0 Å². The third kappa shape index (κ3) is 2.63. The van der Waals surface area contributed by atoms with E-state index < -0.39 is 5.97 Å². The Hall–Kier alpha value is -2.18. The van der Waals surface area contributed by atoms with Crippen LogP contribution in [0.1, 0.15) is 39.7 Å². The fraction of sp³-hybridized carbons (Fsp3) is 0.250. The molecule has 0 saturated heterocycles. The smallest absolute Gasteiger partial charge is 0.336 e. The number of nitrogens with zero attached hydrogens (tertiary/aromatic N) is 2. The molecule has 0 spiro atoms. The number of hydrogen-bond acceptors (Lipinski definition) is 4. The number of fused-ring (bicyclic) bond motifs is 1. The van der Waals surface area contributed by atoms with Gasteiger partial charge in [0.15, 0.2) is 0 Å².